The van der Waals surface area contributed by atoms with Gasteiger partial charge in [0.25, 0.3) is 15.7 Å². The van der Waals surface area contributed by atoms with Gasteiger partial charge in [-0.2, -0.15) is 13.2 Å². The Morgan fingerprint density at radius 3 is 2.12 bits per heavy atom. The summed E-state index contributed by atoms with van der Waals surface area (Å²) in [7, 11) is -5.50. The van der Waals surface area contributed by atoms with Crippen molar-refractivity contribution in [3.8, 4) is 0 Å². The van der Waals surface area contributed by atoms with Gasteiger partial charge in [0.05, 0.1) is 10.6 Å². The standard InChI is InChI=1S/C14H8ClF4NO3S/c15-9-3-6-12(11(16)7-9)20-13(21)8-1-4-10(5-2-8)24(22,23)14(17,18)19/h1-7H,(H,20,21). The number of alkyl halides is 3. The monoisotopic (exact) mass is 381 g/mol. The number of benzene rings is 2. The Hall–Kier alpha value is -2.13. The zero-order chi connectivity index (χ0) is 18.1. The van der Waals surface area contributed by atoms with E-state index < -0.39 is 32.0 Å². The van der Waals surface area contributed by atoms with Crippen LogP contribution >= 0.6 is 11.6 Å². The van der Waals surface area contributed by atoms with Crippen molar-refractivity contribution < 1.29 is 30.8 Å². The van der Waals surface area contributed by atoms with Gasteiger partial charge in [0.2, 0.25) is 0 Å². The zero-order valence-electron chi connectivity index (χ0n) is 11.6. The molecule has 0 radical (unpaired) electrons. The van der Waals surface area contributed by atoms with Crippen LogP contribution in [0.2, 0.25) is 5.02 Å². The van der Waals surface area contributed by atoms with Gasteiger partial charge >= 0.3 is 5.51 Å². The molecule has 2 aromatic rings. The summed E-state index contributed by atoms with van der Waals surface area (Å²) in [5.74, 6) is -1.63. The summed E-state index contributed by atoms with van der Waals surface area (Å²) in [6, 6.07) is 6.59. The van der Waals surface area contributed by atoms with E-state index in [1.165, 1.54) is 12.1 Å². The lowest BCUT2D eigenvalue weighted by molar-refractivity contribution is -0.0436. The average Bonchev–Trinajstić information content (AvgIpc) is 2.49. The lowest BCUT2D eigenvalue weighted by Crippen LogP contribution is -2.23. The van der Waals surface area contributed by atoms with Crippen LogP contribution in [0.25, 0.3) is 0 Å². The molecule has 10 heteroatoms. The number of hydrogen-bond donors (Lipinski definition) is 1. The highest BCUT2D eigenvalue weighted by Gasteiger charge is 2.46. The minimum atomic E-state index is -5.50. The molecule has 0 saturated heterocycles. The molecule has 0 saturated carbocycles. The SMILES string of the molecule is O=C(Nc1ccc(Cl)cc1F)c1ccc(S(=O)(=O)C(F)(F)F)cc1. The zero-order valence-corrected chi connectivity index (χ0v) is 13.1. The number of hydrogen-bond acceptors (Lipinski definition) is 3. The van der Waals surface area contributed by atoms with Crippen LogP contribution in [0.1, 0.15) is 10.4 Å². The summed E-state index contributed by atoms with van der Waals surface area (Å²) >= 11 is 5.57. The van der Waals surface area contributed by atoms with Gasteiger partial charge in [0.1, 0.15) is 5.82 Å². The van der Waals surface area contributed by atoms with Gasteiger partial charge in [-0.25, -0.2) is 12.8 Å². The van der Waals surface area contributed by atoms with Crippen molar-refractivity contribution in [2.45, 2.75) is 10.4 Å². The fourth-order valence-electron chi connectivity index (χ4n) is 1.70. The summed E-state index contributed by atoms with van der Waals surface area (Å²) in [6.45, 7) is 0. The van der Waals surface area contributed by atoms with Crippen LogP contribution in [-0.2, 0) is 9.84 Å². The van der Waals surface area contributed by atoms with Crippen molar-refractivity contribution in [2.24, 2.45) is 0 Å². The molecule has 0 atom stereocenters. The van der Waals surface area contributed by atoms with E-state index in [2.05, 4.69) is 5.32 Å². The molecule has 0 aliphatic heterocycles. The third kappa shape index (κ3) is 3.68. The minimum Gasteiger partial charge on any atom is -0.319 e. The van der Waals surface area contributed by atoms with Crippen LogP contribution in [-0.4, -0.2) is 19.8 Å². The van der Waals surface area contributed by atoms with E-state index in [0.29, 0.717) is 12.1 Å². The number of anilines is 1. The number of sulfone groups is 1. The highest BCUT2D eigenvalue weighted by molar-refractivity contribution is 7.92. The molecular weight excluding hydrogens is 374 g/mol. The second-order valence-corrected chi connectivity index (χ2v) is 6.93. The Labute approximate surface area is 139 Å². The molecule has 0 aliphatic carbocycles. The lowest BCUT2D eigenvalue weighted by atomic mass is 10.2. The number of halogens is 5. The molecule has 0 unspecified atom stereocenters. The number of nitrogens with one attached hydrogen (secondary N) is 1. The Bertz CT molecular complexity index is 880. The summed E-state index contributed by atoms with van der Waals surface area (Å²) in [5.41, 5.74) is -5.77. The van der Waals surface area contributed by atoms with E-state index in [1.54, 1.807) is 0 Å². The van der Waals surface area contributed by atoms with Crippen LogP contribution in [0, 0.1) is 5.82 Å². The summed E-state index contributed by atoms with van der Waals surface area (Å²) in [4.78, 5) is 10.9. The maximum atomic E-state index is 13.6. The van der Waals surface area contributed by atoms with Crippen LogP contribution in [0.3, 0.4) is 0 Å². The highest BCUT2D eigenvalue weighted by atomic mass is 35.5. The summed E-state index contributed by atoms with van der Waals surface area (Å²) < 4.78 is 73.3. The molecule has 128 valence electrons. The topological polar surface area (TPSA) is 63.2 Å². The molecule has 0 bridgehead atoms. The van der Waals surface area contributed by atoms with Crippen molar-refractivity contribution in [1.29, 1.82) is 0 Å². The maximum Gasteiger partial charge on any atom is 0.501 e. The number of amides is 1. The van der Waals surface area contributed by atoms with Gasteiger partial charge in [-0.3, -0.25) is 4.79 Å². The number of carbonyl (C=O) groups is 1. The van der Waals surface area contributed by atoms with Crippen molar-refractivity contribution in [1.82, 2.24) is 0 Å². The molecule has 1 N–H and O–H groups in total. The van der Waals surface area contributed by atoms with Crippen LogP contribution in [0.4, 0.5) is 23.2 Å². The highest BCUT2D eigenvalue weighted by Crippen LogP contribution is 2.30. The quantitative estimate of drug-likeness (QED) is 0.817. The first-order valence-corrected chi connectivity index (χ1v) is 8.06. The van der Waals surface area contributed by atoms with Crippen LogP contribution < -0.4 is 5.32 Å². The normalized spacial score (nSPS) is 12.0. The fraction of sp³-hybridized carbons (Fsp3) is 0.0714. The molecule has 0 fully saturated rings. The molecule has 0 spiro atoms. The molecule has 2 aromatic carbocycles. The van der Waals surface area contributed by atoms with E-state index in [-0.39, 0.29) is 16.3 Å². The largest absolute Gasteiger partial charge is 0.501 e. The third-order valence-corrected chi connectivity index (χ3v) is 4.65. The first-order valence-electron chi connectivity index (χ1n) is 6.20. The van der Waals surface area contributed by atoms with Crippen molar-refractivity contribution in [3.05, 3.63) is 58.9 Å². The van der Waals surface area contributed by atoms with E-state index in [9.17, 15) is 30.8 Å². The smallest absolute Gasteiger partial charge is 0.319 e. The van der Waals surface area contributed by atoms with Gasteiger partial charge in [0, 0.05) is 10.6 Å². The first kappa shape index (κ1) is 18.2. The molecular formula is C14H8ClF4NO3S. The maximum absolute atomic E-state index is 13.6. The molecule has 0 aromatic heterocycles. The molecule has 0 aliphatic rings. The Kier molecular flexibility index (Phi) is 4.86. The third-order valence-electron chi connectivity index (χ3n) is 2.91. The van der Waals surface area contributed by atoms with Gasteiger partial charge < -0.3 is 5.32 Å². The molecule has 4 nitrogen and oxygen atoms in total. The first-order chi connectivity index (χ1) is 11.0. The van der Waals surface area contributed by atoms with Crippen molar-refractivity contribution in [3.63, 3.8) is 0 Å². The van der Waals surface area contributed by atoms with E-state index in [4.69, 9.17) is 11.6 Å². The predicted octanol–water partition coefficient (Wildman–Crippen LogP) is 4.02. The van der Waals surface area contributed by atoms with E-state index >= 15 is 0 Å². The van der Waals surface area contributed by atoms with Gasteiger partial charge in [0.15, 0.2) is 0 Å². The lowest BCUT2D eigenvalue weighted by Gasteiger charge is -2.09. The second-order valence-electron chi connectivity index (χ2n) is 4.55. The average molecular weight is 382 g/mol. The molecule has 1 amide bonds. The molecule has 2 rings (SSSR count). The van der Waals surface area contributed by atoms with Gasteiger partial charge in [-0.05, 0) is 42.5 Å². The summed E-state index contributed by atoms with van der Waals surface area (Å²) in [5, 5.41) is 2.32. The minimum absolute atomic E-state index is 0.118. The molecule has 0 heterocycles. The van der Waals surface area contributed by atoms with Crippen LogP contribution in [0.15, 0.2) is 47.4 Å². The number of carbonyl (C=O) groups excluding carboxylic acids is 1. The second kappa shape index (κ2) is 6.40. The van der Waals surface area contributed by atoms with E-state index in [0.717, 1.165) is 18.2 Å². The molecule has 24 heavy (non-hydrogen) atoms. The van der Waals surface area contributed by atoms with Gasteiger partial charge in [-0.1, -0.05) is 11.6 Å². The van der Waals surface area contributed by atoms with Crippen molar-refractivity contribution in [2.75, 3.05) is 5.32 Å². The van der Waals surface area contributed by atoms with Crippen LogP contribution in [0.5, 0.6) is 0 Å². The Morgan fingerprint density at radius 2 is 1.62 bits per heavy atom. The van der Waals surface area contributed by atoms with E-state index in [1.807, 2.05) is 0 Å². The number of rotatable bonds is 3. The predicted molar refractivity (Wildman–Crippen MR) is 79.0 cm³/mol. The Morgan fingerprint density at radius 1 is 1.04 bits per heavy atom. The van der Waals surface area contributed by atoms with Gasteiger partial charge in [-0.15, -0.1) is 0 Å². The summed E-state index contributed by atoms with van der Waals surface area (Å²) in [6.07, 6.45) is 0. The fourth-order valence-corrected chi connectivity index (χ4v) is 2.62. The van der Waals surface area contributed by atoms with Crippen molar-refractivity contribution >= 4 is 33.0 Å². The Balaban J connectivity index is 2.23.